The minimum absolute atomic E-state index is 0.917. The first-order chi connectivity index (χ1) is 8.33. The fraction of sp³-hybridized carbons (Fsp3) is 0.643. The van der Waals surface area contributed by atoms with Crippen LogP contribution in [-0.2, 0) is 0 Å². The van der Waals surface area contributed by atoms with E-state index in [1.165, 1.54) is 44.5 Å². The van der Waals surface area contributed by atoms with Crippen LogP contribution in [0.3, 0.4) is 0 Å². The molecule has 1 aliphatic heterocycles. The Hall–Kier alpha value is -1.25. The molecular formula is C14H23N3. The lowest BCUT2D eigenvalue weighted by Gasteiger charge is -2.23. The van der Waals surface area contributed by atoms with Crippen molar-refractivity contribution in [1.29, 1.82) is 0 Å². The Bertz CT molecular complexity index is 351. The van der Waals surface area contributed by atoms with Crippen molar-refractivity contribution in [3.05, 3.63) is 18.5 Å². The first kappa shape index (κ1) is 12.2. The van der Waals surface area contributed by atoms with Crippen molar-refractivity contribution < 1.29 is 0 Å². The van der Waals surface area contributed by atoms with Crippen LogP contribution in [0.25, 0.3) is 0 Å². The van der Waals surface area contributed by atoms with Gasteiger partial charge in [-0.2, -0.15) is 0 Å². The van der Waals surface area contributed by atoms with E-state index in [-0.39, 0.29) is 0 Å². The predicted octanol–water partition coefficient (Wildman–Crippen LogP) is 3.14. The number of hydrogen-bond acceptors (Lipinski definition) is 3. The minimum atomic E-state index is 0.917. The number of anilines is 2. The second kappa shape index (κ2) is 5.89. The van der Waals surface area contributed by atoms with Gasteiger partial charge in [-0.15, -0.1) is 0 Å². The van der Waals surface area contributed by atoms with Gasteiger partial charge in [0.15, 0.2) is 0 Å². The summed E-state index contributed by atoms with van der Waals surface area (Å²) in [5.41, 5.74) is 2.35. The standard InChI is InChI=1S/C14H23N3/c1-3-12-5-4-7-17(8-6-12)14-9-13(15-2)10-16-11-14/h9-12,15H,3-8H2,1-2H3. The number of aromatic nitrogens is 1. The van der Waals surface area contributed by atoms with Crippen LogP contribution in [-0.4, -0.2) is 25.1 Å². The quantitative estimate of drug-likeness (QED) is 0.869. The first-order valence-corrected chi connectivity index (χ1v) is 6.71. The van der Waals surface area contributed by atoms with Gasteiger partial charge in [-0.3, -0.25) is 4.98 Å². The summed E-state index contributed by atoms with van der Waals surface area (Å²) in [6.45, 7) is 4.65. The molecule has 3 nitrogen and oxygen atoms in total. The van der Waals surface area contributed by atoms with Crippen LogP contribution in [0, 0.1) is 5.92 Å². The van der Waals surface area contributed by atoms with E-state index in [9.17, 15) is 0 Å². The summed E-state index contributed by atoms with van der Waals surface area (Å²) < 4.78 is 0. The van der Waals surface area contributed by atoms with E-state index in [1.54, 1.807) is 0 Å². The third kappa shape index (κ3) is 3.11. The number of nitrogens with one attached hydrogen (secondary N) is 1. The average Bonchev–Trinajstić information content (AvgIpc) is 2.64. The average molecular weight is 233 g/mol. The molecule has 0 spiro atoms. The van der Waals surface area contributed by atoms with Crippen molar-refractivity contribution in [3.63, 3.8) is 0 Å². The molecule has 0 aromatic carbocycles. The molecule has 1 N–H and O–H groups in total. The summed E-state index contributed by atoms with van der Waals surface area (Å²) >= 11 is 0. The Balaban J connectivity index is 2.05. The lowest BCUT2D eigenvalue weighted by Crippen LogP contribution is -2.24. The Labute approximate surface area is 104 Å². The van der Waals surface area contributed by atoms with E-state index in [4.69, 9.17) is 0 Å². The highest BCUT2D eigenvalue weighted by Gasteiger charge is 2.16. The van der Waals surface area contributed by atoms with Crippen molar-refractivity contribution in [2.75, 3.05) is 30.4 Å². The second-order valence-electron chi connectivity index (χ2n) is 4.87. The van der Waals surface area contributed by atoms with Crippen molar-refractivity contribution in [2.24, 2.45) is 5.92 Å². The van der Waals surface area contributed by atoms with Gasteiger partial charge in [0.25, 0.3) is 0 Å². The number of hydrogen-bond donors (Lipinski definition) is 1. The van der Waals surface area contributed by atoms with Crippen molar-refractivity contribution in [3.8, 4) is 0 Å². The Morgan fingerprint density at radius 1 is 1.35 bits per heavy atom. The van der Waals surface area contributed by atoms with Crippen LogP contribution in [0.4, 0.5) is 11.4 Å². The van der Waals surface area contributed by atoms with Gasteiger partial charge in [0.05, 0.1) is 23.8 Å². The SMILES string of the molecule is CCC1CCCN(c2cncc(NC)c2)CC1. The van der Waals surface area contributed by atoms with Crippen LogP contribution in [0.5, 0.6) is 0 Å². The van der Waals surface area contributed by atoms with E-state index >= 15 is 0 Å². The summed E-state index contributed by atoms with van der Waals surface area (Å²) in [5, 5.41) is 3.15. The molecular weight excluding hydrogens is 210 g/mol. The van der Waals surface area contributed by atoms with Gasteiger partial charge in [0.2, 0.25) is 0 Å². The highest BCUT2D eigenvalue weighted by molar-refractivity contribution is 5.55. The minimum Gasteiger partial charge on any atom is -0.387 e. The highest BCUT2D eigenvalue weighted by Crippen LogP contribution is 2.25. The van der Waals surface area contributed by atoms with E-state index in [1.807, 2.05) is 19.4 Å². The monoisotopic (exact) mass is 233 g/mol. The van der Waals surface area contributed by atoms with E-state index in [2.05, 4.69) is 28.2 Å². The van der Waals surface area contributed by atoms with E-state index < -0.39 is 0 Å². The zero-order valence-electron chi connectivity index (χ0n) is 10.9. The predicted molar refractivity (Wildman–Crippen MR) is 73.6 cm³/mol. The number of rotatable bonds is 3. The van der Waals surface area contributed by atoms with Crippen molar-refractivity contribution in [2.45, 2.75) is 32.6 Å². The molecule has 1 unspecified atom stereocenters. The topological polar surface area (TPSA) is 28.2 Å². The lowest BCUT2D eigenvalue weighted by atomic mass is 9.98. The Kier molecular flexibility index (Phi) is 4.24. The summed E-state index contributed by atoms with van der Waals surface area (Å²) in [5.74, 6) is 0.917. The van der Waals surface area contributed by atoms with Gasteiger partial charge < -0.3 is 10.2 Å². The normalized spacial score (nSPS) is 21.1. The zero-order chi connectivity index (χ0) is 12.1. The summed E-state index contributed by atoms with van der Waals surface area (Å²) in [7, 11) is 1.94. The van der Waals surface area contributed by atoms with Gasteiger partial charge in [-0.05, 0) is 31.2 Å². The fourth-order valence-corrected chi connectivity index (χ4v) is 2.57. The maximum atomic E-state index is 4.30. The van der Waals surface area contributed by atoms with Gasteiger partial charge in [0, 0.05) is 20.1 Å². The number of nitrogens with zero attached hydrogens (tertiary/aromatic N) is 2. The largest absolute Gasteiger partial charge is 0.387 e. The molecule has 1 saturated heterocycles. The molecule has 1 atom stereocenters. The van der Waals surface area contributed by atoms with Gasteiger partial charge >= 0.3 is 0 Å². The molecule has 0 aliphatic carbocycles. The lowest BCUT2D eigenvalue weighted by molar-refractivity contribution is 0.459. The third-order valence-corrected chi connectivity index (χ3v) is 3.80. The molecule has 2 rings (SSSR count). The van der Waals surface area contributed by atoms with Gasteiger partial charge in [0.1, 0.15) is 0 Å². The summed E-state index contributed by atoms with van der Waals surface area (Å²) in [6.07, 6.45) is 9.18. The van der Waals surface area contributed by atoms with Crippen molar-refractivity contribution in [1.82, 2.24) is 4.98 Å². The molecule has 0 bridgehead atoms. The molecule has 17 heavy (non-hydrogen) atoms. The molecule has 1 aliphatic rings. The van der Waals surface area contributed by atoms with Gasteiger partial charge in [-0.25, -0.2) is 0 Å². The van der Waals surface area contributed by atoms with Crippen LogP contribution < -0.4 is 10.2 Å². The van der Waals surface area contributed by atoms with Crippen molar-refractivity contribution >= 4 is 11.4 Å². The third-order valence-electron chi connectivity index (χ3n) is 3.80. The molecule has 94 valence electrons. The Morgan fingerprint density at radius 3 is 3.00 bits per heavy atom. The molecule has 1 aromatic rings. The molecule has 1 fully saturated rings. The maximum Gasteiger partial charge on any atom is 0.0573 e. The van der Waals surface area contributed by atoms with E-state index in [0.717, 1.165) is 11.6 Å². The summed E-state index contributed by atoms with van der Waals surface area (Å²) in [4.78, 5) is 6.77. The van der Waals surface area contributed by atoms with Crippen LogP contribution in [0.2, 0.25) is 0 Å². The molecule has 0 saturated carbocycles. The molecule has 3 heteroatoms. The van der Waals surface area contributed by atoms with Gasteiger partial charge in [-0.1, -0.05) is 13.3 Å². The second-order valence-corrected chi connectivity index (χ2v) is 4.87. The van der Waals surface area contributed by atoms with Crippen LogP contribution >= 0.6 is 0 Å². The molecule has 2 heterocycles. The van der Waals surface area contributed by atoms with E-state index in [0.29, 0.717) is 0 Å². The highest BCUT2D eigenvalue weighted by atomic mass is 15.1. The first-order valence-electron chi connectivity index (χ1n) is 6.71. The van der Waals surface area contributed by atoms with Crippen LogP contribution in [0.15, 0.2) is 18.5 Å². The molecule has 1 aromatic heterocycles. The maximum absolute atomic E-state index is 4.30. The Morgan fingerprint density at radius 2 is 2.24 bits per heavy atom. The smallest absolute Gasteiger partial charge is 0.0573 e. The fourth-order valence-electron chi connectivity index (χ4n) is 2.57. The molecule has 0 radical (unpaired) electrons. The number of pyridine rings is 1. The summed E-state index contributed by atoms with van der Waals surface area (Å²) in [6, 6.07) is 2.19. The van der Waals surface area contributed by atoms with Crippen LogP contribution in [0.1, 0.15) is 32.6 Å². The zero-order valence-corrected chi connectivity index (χ0v) is 10.9. The molecule has 0 amide bonds.